The number of H-pyrrole nitrogens is 1. The molecule has 150 valence electrons. The van der Waals surface area contributed by atoms with Gasteiger partial charge in [0.25, 0.3) is 0 Å². The predicted molar refractivity (Wildman–Crippen MR) is 107 cm³/mol. The minimum atomic E-state index is 0.0985. The molecule has 1 aliphatic heterocycles. The summed E-state index contributed by atoms with van der Waals surface area (Å²) in [5.41, 5.74) is 1.82. The lowest BCUT2D eigenvalue weighted by Crippen LogP contribution is -2.55. The molecule has 1 saturated heterocycles. The van der Waals surface area contributed by atoms with Crippen LogP contribution < -0.4 is 10.2 Å². The summed E-state index contributed by atoms with van der Waals surface area (Å²) in [6, 6.07) is 7.93. The van der Waals surface area contributed by atoms with Crippen LogP contribution in [-0.4, -0.2) is 56.1 Å². The summed E-state index contributed by atoms with van der Waals surface area (Å²) in [6.07, 6.45) is 5.49. The van der Waals surface area contributed by atoms with Crippen LogP contribution in [0.5, 0.6) is 0 Å². The molecular formula is C20H24N8O. The molecule has 3 heterocycles. The first-order valence-corrected chi connectivity index (χ1v) is 10.2. The van der Waals surface area contributed by atoms with Gasteiger partial charge >= 0.3 is 0 Å². The van der Waals surface area contributed by atoms with Crippen LogP contribution in [0.2, 0.25) is 0 Å². The van der Waals surface area contributed by atoms with Gasteiger partial charge in [0, 0.05) is 32.0 Å². The predicted octanol–water partition coefficient (Wildman–Crippen LogP) is 1.35. The number of fused-ring (bicyclic) bond motifs is 2. The number of carbonyl (C=O) groups excluding carboxylic acids is 1. The number of para-hydroxylation sites is 2. The van der Waals surface area contributed by atoms with Gasteiger partial charge in [-0.2, -0.15) is 5.21 Å². The lowest BCUT2D eigenvalue weighted by Gasteiger charge is -2.50. The maximum Gasteiger partial charge on any atom is 0.223 e. The van der Waals surface area contributed by atoms with Crippen molar-refractivity contribution in [3.8, 4) is 0 Å². The average Bonchev–Trinajstić information content (AvgIpc) is 3.25. The van der Waals surface area contributed by atoms with Crippen LogP contribution in [-0.2, 0) is 11.2 Å². The second-order valence-corrected chi connectivity index (χ2v) is 7.94. The topological polar surface area (TPSA) is 113 Å². The van der Waals surface area contributed by atoms with Gasteiger partial charge in [0.1, 0.15) is 5.82 Å². The standard InChI is InChI=1S/C20H24N8O/c29-20(21-8-3-6-18-24-26-27-25-18)14-10-13-7-9-28(12-15(13)14)19-11-22-16-4-1-2-5-17(16)23-19/h1-2,4-5,11,13-15H,3,6-10,12H2,(H,21,29)(H,24,25,26,27)/t13-,14-,15-/m1/s1. The first kappa shape index (κ1) is 18.0. The molecule has 29 heavy (non-hydrogen) atoms. The third-order valence-corrected chi connectivity index (χ3v) is 6.24. The summed E-state index contributed by atoms with van der Waals surface area (Å²) in [4.78, 5) is 24.3. The summed E-state index contributed by atoms with van der Waals surface area (Å²) in [7, 11) is 0. The molecule has 3 atom stereocenters. The molecule has 0 bridgehead atoms. The first-order chi connectivity index (χ1) is 14.3. The van der Waals surface area contributed by atoms with E-state index in [2.05, 4.69) is 35.8 Å². The van der Waals surface area contributed by atoms with Crippen molar-refractivity contribution in [2.24, 2.45) is 17.8 Å². The average molecular weight is 392 g/mol. The molecule has 2 aliphatic rings. The molecule has 1 amide bonds. The van der Waals surface area contributed by atoms with E-state index in [0.29, 0.717) is 30.6 Å². The van der Waals surface area contributed by atoms with Gasteiger partial charge in [0.15, 0.2) is 5.82 Å². The van der Waals surface area contributed by atoms with Crippen LogP contribution in [0, 0.1) is 17.8 Å². The smallest absolute Gasteiger partial charge is 0.223 e. The maximum absolute atomic E-state index is 12.7. The SMILES string of the molecule is O=C(NCCCc1nn[nH]n1)[C@@H]1C[C@H]2CCN(c3cnc4ccccc4n3)C[C@H]21. The van der Waals surface area contributed by atoms with Crippen molar-refractivity contribution in [1.82, 2.24) is 35.9 Å². The fraction of sp³-hybridized carbons (Fsp3) is 0.500. The zero-order valence-corrected chi connectivity index (χ0v) is 16.2. The van der Waals surface area contributed by atoms with Gasteiger partial charge in [-0.1, -0.05) is 17.3 Å². The van der Waals surface area contributed by atoms with Crippen molar-refractivity contribution in [2.45, 2.75) is 25.7 Å². The maximum atomic E-state index is 12.7. The van der Waals surface area contributed by atoms with E-state index < -0.39 is 0 Å². The highest BCUT2D eigenvalue weighted by Gasteiger charge is 2.47. The van der Waals surface area contributed by atoms with E-state index in [1.54, 1.807) is 0 Å². The number of tetrazole rings is 1. The number of hydrogen-bond donors (Lipinski definition) is 2. The fourth-order valence-electron chi connectivity index (χ4n) is 4.57. The molecule has 0 spiro atoms. The summed E-state index contributed by atoms with van der Waals surface area (Å²) in [6.45, 7) is 2.49. The van der Waals surface area contributed by atoms with E-state index >= 15 is 0 Å². The Labute approximate surface area is 168 Å². The number of aromatic nitrogens is 6. The van der Waals surface area contributed by atoms with Crippen molar-refractivity contribution < 1.29 is 4.79 Å². The third-order valence-electron chi connectivity index (χ3n) is 6.24. The Morgan fingerprint density at radius 1 is 1.28 bits per heavy atom. The van der Waals surface area contributed by atoms with Gasteiger partial charge in [0.2, 0.25) is 5.91 Å². The number of piperidine rings is 1. The number of amides is 1. The highest BCUT2D eigenvalue weighted by Crippen LogP contribution is 2.46. The van der Waals surface area contributed by atoms with Gasteiger partial charge in [-0.15, -0.1) is 10.2 Å². The van der Waals surface area contributed by atoms with Crippen LogP contribution in [0.3, 0.4) is 0 Å². The third kappa shape index (κ3) is 3.64. The molecule has 5 rings (SSSR count). The number of benzene rings is 1. The van der Waals surface area contributed by atoms with E-state index in [-0.39, 0.29) is 11.8 Å². The largest absolute Gasteiger partial charge is 0.356 e. The van der Waals surface area contributed by atoms with Crippen molar-refractivity contribution >= 4 is 22.8 Å². The van der Waals surface area contributed by atoms with Crippen molar-refractivity contribution in [3.63, 3.8) is 0 Å². The highest BCUT2D eigenvalue weighted by atomic mass is 16.1. The Bertz CT molecular complexity index is 991. The Balaban J connectivity index is 1.17. The molecule has 1 aromatic carbocycles. The Hall–Kier alpha value is -3.10. The van der Waals surface area contributed by atoms with Gasteiger partial charge in [0.05, 0.1) is 17.2 Å². The first-order valence-electron chi connectivity index (χ1n) is 10.2. The summed E-state index contributed by atoms with van der Waals surface area (Å²) in [5.74, 6) is 2.91. The normalized spacial score (nSPS) is 23.4. The molecular weight excluding hydrogens is 368 g/mol. The van der Waals surface area contributed by atoms with E-state index in [4.69, 9.17) is 4.98 Å². The van der Waals surface area contributed by atoms with Gasteiger partial charge in [-0.25, -0.2) is 4.98 Å². The quantitative estimate of drug-likeness (QED) is 0.609. The van der Waals surface area contributed by atoms with Gasteiger partial charge < -0.3 is 10.2 Å². The van der Waals surface area contributed by atoms with Crippen LogP contribution in [0.15, 0.2) is 30.5 Å². The fourth-order valence-corrected chi connectivity index (χ4v) is 4.57. The molecule has 2 fully saturated rings. The zero-order chi connectivity index (χ0) is 19.6. The molecule has 2 aromatic heterocycles. The van der Waals surface area contributed by atoms with Crippen LogP contribution in [0.1, 0.15) is 25.1 Å². The number of aryl methyl sites for hydroxylation is 1. The molecule has 9 heteroatoms. The zero-order valence-electron chi connectivity index (χ0n) is 16.2. The number of hydrogen-bond acceptors (Lipinski definition) is 7. The lowest BCUT2D eigenvalue weighted by atomic mass is 9.61. The molecule has 3 aromatic rings. The number of aromatic amines is 1. The number of carbonyl (C=O) groups is 1. The molecule has 9 nitrogen and oxygen atoms in total. The highest BCUT2D eigenvalue weighted by molar-refractivity contribution is 5.80. The Morgan fingerprint density at radius 2 is 2.17 bits per heavy atom. The van der Waals surface area contributed by atoms with Gasteiger partial charge in [-0.05, 0) is 43.2 Å². The summed E-state index contributed by atoms with van der Waals surface area (Å²) >= 11 is 0. The van der Waals surface area contributed by atoms with Crippen molar-refractivity contribution in [3.05, 3.63) is 36.3 Å². The van der Waals surface area contributed by atoms with Crippen molar-refractivity contribution in [2.75, 3.05) is 24.5 Å². The lowest BCUT2D eigenvalue weighted by molar-refractivity contribution is -0.133. The number of nitrogens with zero attached hydrogens (tertiary/aromatic N) is 6. The molecule has 2 N–H and O–H groups in total. The summed E-state index contributed by atoms with van der Waals surface area (Å²) < 4.78 is 0. The van der Waals surface area contributed by atoms with E-state index in [9.17, 15) is 4.79 Å². The van der Waals surface area contributed by atoms with E-state index in [0.717, 1.165) is 49.2 Å². The van der Waals surface area contributed by atoms with Gasteiger partial charge in [-0.3, -0.25) is 9.78 Å². The number of rotatable bonds is 6. The minimum Gasteiger partial charge on any atom is -0.356 e. The monoisotopic (exact) mass is 392 g/mol. The summed E-state index contributed by atoms with van der Waals surface area (Å²) in [5, 5.41) is 16.9. The van der Waals surface area contributed by atoms with E-state index in [1.807, 2.05) is 30.5 Å². The number of nitrogens with one attached hydrogen (secondary N) is 2. The molecule has 0 unspecified atom stereocenters. The number of anilines is 1. The van der Waals surface area contributed by atoms with Crippen molar-refractivity contribution in [1.29, 1.82) is 0 Å². The van der Waals surface area contributed by atoms with E-state index in [1.165, 1.54) is 0 Å². The Kier molecular flexibility index (Phi) is 4.79. The Morgan fingerprint density at radius 3 is 3.03 bits per heavy atom. The second kappa shape index (κ2) is 7.73. The minimum absolute atomic E-state index is 0.0985. The van der Waals surface area contributed by atoms with Crippen LogP contribution in [0.4, 0.5) is 5.82 Å². The van der Waals surface area contributed by atoms with Crippen LogP contribution >= 0.6 is 0 Å². The second-order valence-electron chi connectivity index (χ2n) is 7.94. The molecule has 1 saturated carbocycles. The molecule has 1 aliphatic carbocycles. The van der Waals surface area contributed by atoms with Crippen LogP contribution in [0.25, 0.3) is 11.0 Å². The molecule has 0 radical (unpaired) electrons.